The van der Waals surface area contributed by atoms with E-state index < -0.39 is 17.8 Å². The Kier molecular flexibility index (Phi) is 4.68. The Bertz CT molecular complexity index is 458. The van der Waals surface area contributed by atoms with E-state index in [0.717, 1.165) is 0 Å². The van der Waals surface area contributed by atoms with E-state index in [2.05, 4.69) is 14.4 Å². The second-order valence-electron chi connectivity index (χ2n) is 3.55. The van der Waals surface area contributed by atoms with Crippen molar-refractivity contribution in [3.8, 4) is 0 Å². The summed E-state index contributed by atoms with van der Waals surface area (Å²) >= 11 is 0. The molecule has 6 heteroatoms. The fraction of sp³-hybridized carbons (Fsp3) is 0.545. The molecule has 0 aliphatic heterocycles. The zero-order valence-corrected chi connectivity index (χ0v) is 10.2. The van der Waals surface area contributed by atoms with Gasteiger partial charge in [-0.3, -0.25) is 4.52 Å². The third-order valence-electron chi connectivity index (χ3n) is 2.43. The van der Waals surface area contributed by atoms with Gasteiger partial charge in [-0.15, -0.1) is 0 Å². The van der Waals surface area contributed by atoms with Gasteiger partial charge in [0.1, 0.15) is 6.04 Å². The average Bonchev–Trinajstić information content (AvgIpc) is 2.65. The van der Waals surface area contributed by atoms with Crippen LogP contribution in [-0.4, -0.2) is 22.8 Å². The summed E-state index contributed by atoms with van der Waals surface area (Å²) in [4.78, 5) is 23.1. The molecule has 0 amide bonds. The first-order chi connectivity index (χ1) is 8.11. The predicted molar refractivity (Wildman–Crippen MR) is 60.6 cm³/mol. The lowest BCUT2D eigenvalue weighted by Crippen LogP contribution is -2.29. The molecule has 6 nitrogen and oxygen atoms in total. The first-order valence-corrected chi connectivity index (χ1v) is 5.35. The molecule has 0 N–H and O–H groups in total. The highest BCUT2D eigenvalue weighted by Crippen LogP contribution is 2.15. The number of aryl methyl sites for hydroxylation is 1. The molecular weight excluding hydrogens is 224 g/mol. The highest BCUT2D eigenvalue weighted by molar-refractivity contribution is 5.74. The summed E-state index contributed by atoms with van der Waals surface area (Å²) in [5, 5.41) is 3.53. The summed E-state index contributed by atoms with van der Waals surface area (Å²) in [5.74, 6) is -0.743. The maximum Gasteiger partial charge on any atom is 0.442 e. The van der Waals surface area contributed by atoms with E-state index in [-0.39, 0.29) is 0 Å². The molecule has 0 aliphatic rings. The molecule has 94 valence electrons. The first-order valence-electron chi connectivity index (χ1n) is 5.35. The van der Waals surface area contributed by atoms with Crippen molar-refractivity contribution < 1.29 is 14.1 Å². The molecule has 1 aromatic heterocycles. The van der Waals surface area contributed by atoms with Crippen LogP contribution in [-0.2, 0) is 9.53 Å². The minimum Gasteiger partial charge on any atom is -0.467 e. The average molecular weight is 240 g/mol. The Morgan fingerprint density at radius 2 is 2.35 bits per heavy atom. The Morgan fingerprint density at radius 3 is 2.82 bits per heavy atom. The summed E-state index contributed by atoms with van der Waals surface area (Å²) < 4.78 is 10.4. The van der Waals surface area contributed by atoms with E-state index in [9.17, 15) is 9.59 Å². The van der Waals surface area contributed by atoms with E-state index in [1.165, 1.54) is 11.7 Å². The van der Waals surface area contributed by atoms with E-state index in [4.69, 9.17) is 0 Å². The number of esters is 1. The monoisotopic (exact) mass is 240 g/mol. The molecule has 0 fully saturated rings. The molecule has 0 aromatic carbocycles. The van der Waals surface area contributed by atoms with Crippen molar-refractivity contribution in [3.63, 3.8) is 0 Å². The van der Waals surface area contributed by atoms with E-state index in [1.807, 2.05) is 19.1 Å². The van der Waals surface area contributed by atoms with Gasteiger partial charge in [-0.25, -0.2) is 14.2 Å². The zero-order chi connectivity index (χ0) is 12.8. The topological polar surface area (TPSA) is 74.3 Å². The molecule has 0 saturated heterocycles. The van der Waals surface area contributed by atoms with Crippen molar-refractivity contribution in [2.45, 2.75) is 32.7 Å². The highest BCUT2D eigenvalue weighted by Gasteiger charge is 2.25. The molecule has 0 radical (unpaired) electrons. The summed E-state index contributed by atoms with van der Waals surface area (Å²) in [6.07, 6.45) is 4.95. The van der Waals surface area contributed by atoms with Gasteiger partial charge in [0.15, 0.2) is 5.82 Å². The number of nitrogens with zero attached hydrogens (tertiary/aromatic N) is 2. The van der Waals surface area contributed by atoms with Gasteiger partial charge in [0.25, 0.3) is 0 Å². The number of aromatic nitrogens is 2. The number of carbonyl (C=O) groups is 1. The lowest BCUT2D eigenvalue weighted by molar-refractivity contribution is -0.145. The van der Waals surface area contributed by atoms with Crippen molar-refractivity contribution in [2.75, 3.05) is 7.11 Å². The molecule has 1 aromatic rings. The Hall–Kier alpha value is -1.85. The van der Waals surface area contributed by atoms with Crippen molar-refractivity contribution in [3.05, 3.63) is 28.5 Å². The number of ether oxygens (including phenoxy) is 1. The van der Waals surface area contributed by atoms with Crippen LogP contribution in [0.3, 0.4) is 0 Å². The highest BCUT2D eigenvalue weighted by atomic mass is 16.5. The number of carbonyl (C=O) groups excluding carboxylic acids is 1. The maximum absolute atomic E-state index is 11.6. The van der Waals surface area contributed by atoms with Crippen molar-refractivity contribution in [1.82, 2.24) is 9.72 Å². The molecule has 0 bridgehead atoms. The van der Waals surface area contributed by atoms with Crippen molar-refractivity contribution in [2.24, 2.45) is 0 Å². The molecule has 0 aliphatic carbocycles. The van der Waals surface area contributed by atoms with Crippen molar-refractivity contribution in [1.29, 1.82) is 0 Å². The summed E-state index contributed by atoms with van der Waals surface area (Å²) in [5.41, 5.74) is 0. The Morgan fingerprint density at radius 1 is 1.65 bits per heavy atom. The summed E-state index contributed by atoms with van der Waals surface area (Å²) in [6.45, 7) is 3.50. The van der Waals surface area contributed by atoms with E-state index in [1.54, 1.807) is 6.92 Å². The van der Waals surface area contributed by atoms with Crippen LogP contribution in [0.5, 0.6) is 0 Å². The van der Waals surface area contributed by atoms with Crippen LogP contribution >= 0.6 is 0 Å². The van der Waals surface area contributed by atoms with Gasteiger partial charge in [-0.05, 0) is 26.7 Å². The molecule has 1 rings (SSSR count). The quantitative estimate of drug-likeness (QED) is 0.571. The van der Waals surface area contributed by atoms with Crippen LogP contribution in [0, 0.1) is 6.92 Å². The van der Waals surface area contributed by atoms with Crippen LogP contribution < -0.4 is 5.76 Å². The lowest BCUT2D eigenvalue weighted by Gasteiger charge is -2.14. The van der Waals surface area contributed by atoms with Crippen LogP contribution in [0.4, 0.5) is 0 Å². The van der Waals surface area contributed by atoms with E-state index >= 15 is 0 Å². The number of methoxy groups -OCH3 is 1. The van der Waals surface area contributed by atoms with Gasteiger partial charge < -0.3 is 4.74 Å². The molecular formula is C11H16N2O4. The fourth-order valence-corrected chi connectivity index (χ4v) is 1.59. The Labute approximate surface area is 98.9 Å². The standard InChI is InChI=1S/C11H16N2O4/c1-4-5-6-7-9(10(14)16-3)13-8(2)12-17-11(13)15/h4-5,9H,6-7H2,1-3H3. The smallest absolute Gasteiger partial charge is 0.442 e. The van der Waals surface area contributed by atoms with Gasteiger partial charge in [-0.1, -0.05) is 17.3 Å². The maximum atomic E-state index is 11.6. The van der Waals surface area contributed by atoms with Crippen LogP contribution in [0.15, 0.2) is 21.5 Å². The number of rotatable bonds is 5. The molecule has 1 heterocycles. The molecule has 1 unspecified atom stereocenters. The van der Waals surface area contributed by atoms with Gasteiger partial charge in [0.05, 0.1) is 7.11 Å². The second-order valence-corrected chi connectivity index (χ2v) is 3.55. The summed E-state index contributed by atoms with van der Waals surface area (Å²) in [7, 11) is 1.29. The SMILES string of the molecule is CC=CCCC(C(=O)OC)n1c(C)noc1=O. The third-order valence-corrected chi connectivity index (χ3v) is 2.43. The largest absolute Gasteiger partial charge is 0.467 e. The predicted octanol–water partition coefficient (Wildman–Crippen LogP) is 1.22. The number of hydrogen-bond acceptors (Lipinski definition) is 5. The van der Waals surface area contributed by atoms with Gasteiger partial charge in [0.2, 0.25) is 0 Å². The molecule has 0 saturated carbocycles. The molecule has 1 atom stereocenters. The molecule has 0 spiro atoms. The van der Waals surface area contributed by atoms with Crippen LogP contribution in [0.1, 0.15) is 31.6 Å². The Balaban J connectivity index is 2.98. The fourth-order valence-electron chi connectivity index (χ4n) is 1.59. The minimum atomic E-state index is -0.685. The second kappa shape index (κ2) is 6.03. The third kappa shape index (κ3) is 3.05. The number of hydrogen-bond donors (Lipinski definition) is 0. The van der Waals surface area contributed by atoms with Gasteiger partial charge >= 0.3 is 11.7 Å². The van der Waals surface area contributed by atoms with Crippen molar-refractivity contribution >= 4 is 5.97 Å². The van der Waals surface area contributed by atoms with Gasteiger partial charge in [0, 0.05) is 0 Å². The normalized spacial score (nSPS) is 12.9. The van der Waals surface area contributed by atoms with Gasteiger partial charge in [-0.2, -0.15) is 0 Å². The first kappa shape index (κ1) is 13.2. The van der Waals surface area contributed by atoms with Crippen LogP contribution in [0.2, 0.25) is 0 Å². The lowest BCUT2D eigenvalue weighted by atomic mass is 10.1. The van der Waals surface area contributed by atoms with E-state index in [0.29, 0.717) is 18.7 Å². The summed E-state index contributed by atoms with van der Waals surface area (Å²) in [6, 6.07) is -0.685. The number of allylic oxidation sites excluding steroid dienone is 2. The zero-order valence-electron chi connectivity index (χ0n) is 10.2. The minimum absolute atomic E-state index is 0.367. The molecule has 17 heavy (non-hydrogen) atoms. The van der Waals surface area contributed by atoms with Crippen LogP contribution in [0.25, 0.3) is 0 Å².